The lowest BCUT2D eigenvalue weighted by Gasteiger charge is -2.25. The fourth-order valence-corrected chi connectivity index (χ4v) is 5.28. The van der Waals surface area contributed by atoms with Crippen molar-refractivity contribution in [2.75, 3.05) is 27.3 Å². The highest BCUT2D eigenvalue weighted by Gasteiger charge is 2.32. The number of sulfonamides is 1. The molecule has 0 amide bonds. The predicted octanol–water partition coefficient (Wildman–Crippen LogP) is 4.32. The van der Waals surface area contributed by atoms with Crippen LogP contribution < -0.4 is 9.47 Å². The van der Waals surface area contributed by atoms with Crippen molar-refractivity contribution in [2.24, 2.45) is 0 Å². The first-order chi connectivity index (χ1) is 13.0. The standard InChI is InChI=1S/C20H24ClNO4S/c1-25-18-10-11-19(26-2)20(13-18)27(23,24)22-12-4-3-5-16(14-22)15-6-8-17(21)9-7-15/h6-11,13,16H,3-5,12,14H2,1-2H3. The Balaban J connectivity index is 1.94. The molecule has 0 bridgehead atoms. The normalized spacial score (nSPS) is 18.7. The van der Waals surface area contributed by atoms with Crippen molar-refractivity contribution >= 4 is 21.6 Å². The second-order valence-corrected chi connectivity index (χ2v) is 8.97. The van der Waals surface area contributed by atoms with Gasteiger partial charge in [-0.2, -0.15) is 4.31 Å². The summed E-state index contributed by atoms with van der Waals surface area (Å²) in [5.74, 6) is 0.942. The van der Waals surface area contributed by atoms with E-state index >= 15 is 0 Å². The summed E-state index contributed by atoms with van der Waals surface area (Å²) in [5.41, 5.74) is 1.11. The van der Waals surface area contributed by atoms with Crippen molar-refractivity contribution in [1.82, 2.24) is 4.31 Å². The Hall–Kier alpha value is -1.76. The molecule has 1 aliphatic heterocycles. The number of rotatable bonds is 5. The zero-order chi connectivity index (χ0) is 19.4. The molecule has 0 aromatic heterocycles. The van der Waals surface area contributed by atoms with Gasteiger partial charge in [0.1, 0.15) is 16.4 Å². The molecule has 7 heteroatoms. The predicted molar refractivity (Wildman–Crippen MR) is 106 cm³/mol. The van der Waals surface area contributed by atoms with Gasteiger partial charge >= 0.3 is 0 Å². The molecule has 1 atom stereocenters. The molecule has 0 N–H and O–H groups in total. The van der Waals surface area contributed by atoms with E-state index in [1.165, 1.54) is 20.3 Å². The minimum Gasteiger partial charge on any atom is -0.497 e. The second-order valence-electron chi connectivity index (χ2n) is 6.62. The van der Waals surface area contributed by atoms with E-state index in [-0.39, 0.29) is 10.8 Å². The average molecular weight is 410 g/mol. The quantitative estimate of drug-likeness (QED) is 0.738. The van der Waals surface area contributed by atoms with Gasteiger partial charge in [-0.1, -0.05) is 30.2 Å². The van der Waals surface area contributed by atoms with E-state index < -0.39 is 10.0 Å². The Labute approximate surface area is 165 Å². The molecule has 1 fully saturated rings. The highest BCUT2D eigenvalue weighted by atomic mass is 35.5. The van der Waals surface area contributed by atoms with Crippen LogP contribution in [0.5, 0.6) is 11.5 Å². The Morgan fingerprint density at radius 3 is 2.44 bits per heavy atom. The molecule has 0 saturated carbocycles. The third-order valence-corrected chi connectivity index (χ3v) is 7.10. The third-order valence-electron chi connectivity index (χ3n) is 4.96. The number of benzene rings is 2. The molecule has 1 saturated heterocycles. The number of nitrogens with zero attached hydrogens (tertiary/aromatic N) is 1. The maximum Gasteiger partial charge on any atom is 0.246 e. The molecule has 1 unspecified atom stereocenters. The van der Waals surface area contributed by atoms with Gasteiger partial charge in [-0.25, -0.2) is 8.42 Å². The van der Waals surface area contributed by atoms with Crippen molar-refractivity contribution < 1.29 is 17.9 Å². The molecule has 146 valence electrons. The Kier molecular flexibility index (Phi) is 6.29. The molecule has 1 aliphatic rings. The van der Waals surface area contributed by atoms with Crippen molar-refractivity contribution in [2.45, 2.75) is 30.1 Å². The molecule has 27 heavy (non-hydrogen) atoms. The van der Waals surface area contributed by atoms with Crippen LogP contribution in [0.4, 0.5) is 0 Å². The average Bonchev–Trinajstić information content (AvgIpc) is 2.95. The van der Waals surface area contributed by atoms with Gasteiger partial charge in [0.15, 0.2) is 0 Å². The molecule has 0 spiro atoms. The van der Waals surface area contributed by atoms with E-state index in [1.807, 2.05) is 24.3 Å². The minimum atomic E-state index is -3.71. The topological polar surface area (TPSA) is 55.8 Å². The summed E-state index contributed by atoms with van der Waals surface area (Å²) in [7, 11) is -0.721. The number of halogens is 1. The van der Waals surface area contributed by atoms with Gasteiger partial charge in [-0.05, 0) is 48.6 Å². The summed E-state index contributed by atoms with van der Waals surface area (Å²) < 4.78 is 38.9. The maximum absolute atomic E-state index is 13.4. The van der Waals surface area contributed by atoms with Crippen molar-refractivity contribution in [3.05, 3.63) is 53.1 Å². The van der Waals surface area contributed by atoms with E-state index in [9.17, 15) is 8.42 Å². The second kappa shape index (κ2) is 8.50. The van der Waals surface area contributed by atoms with Crippen molar-refractivity contribution in [3.8, 4) is 11.5 Å². The van der Waals surface area contributed by atoms with E-state index in [2.05, 4.69) is 0 Å². The fraction of sp³-hybridized carbons (Fsp3) is 0.400. The van der Waals surface area contributed by atoms with Crippen LogP contribution in [0, 0.1) is 0 Å². The first-order valence-electron chi connectivity index (χ1n) is 8.93. The summed E-state index contributed by atoms with van der Waals surface area (Å²) in [6.45, 7) is 0.928. The smallest absolute Gasteiger partial charge is 0.246 e. The van der Waals surface area contributed by atoms with Crippen LogP contribution >= 0.6 is 11.6 Å². The first kappa shape index (κ1) is 20.0. The number of methoxy groups -OCH3 is 2. The van der Waals surface area contributed by atoms with Gasteiger partial charge < -0.3 is 9.47 Å². The Morgan fingerprint density at radius 1 is 1.04 bits per heavy atom. The van der Waals surface area contributed by atoms with Crippen molar-refractivity contribution in [1.29, 1.82) is 0 Å². The lowest BCUT2D eigenvalue weighted by Crippen LogP contribution is -2.34. The molecular weight excluding hydrogens is 386 g/mol. The number of hydrogen-bond acceptors (Lipinski definition) is 4. The fourth-order valence-electron chi connectivity index (χ4n) is 3.46. The zero-order valence-corrected chi connectivity index (χ0v) is 17.1. The zero-order valence-electron chi connectivity index (χ0n) is 15.5. The van der Waals surface area contributed by atoms with Crippen molar-refractivity contribution in [3.63, 3.8) is 0 Å². The molecule has 0 aliphatic carbocycles. The molecule has 1 heterocycles. The Bertz CT molecular complexity index is 883. The van der Waals surface area contributed by atoms with Crippen LogP contribution in [0.2, 0.25) is 5.02 Å². The third kappa shape index (κ3) is 4.39. The molecule has 5 nitrogen and oxygen atoms in total. The summed E-state index contributed by atoms with van der Waals surface area (Å²) in [5, 5.41) is 0.679. The number of hydrogen-bond donors (Lipinski definition) is 0. The monoisotopic (exact) mass is 409 g/mol. The highest BCUT2D eigenvalue weighted by Crippen LogP contribution is 2.34. The van der Waals surface area contributed by atoms with Gasteiger partial charge in [0.25, 0.3) is 0 Å². The van der Waals surface area contributed by atoms with Crippen LogP contribution in [0.3, 0.4) is 0 Å². The van der Waals surface area contributed by atoms with Gasteiger partial charge in [0.2, 0.25) is 10.0 Å². The largest absolute Gasteiger partial charge is 0.497 e. The molecular formula is C20H24ClNO4S. The van der Waals surface area contributed by atoms with Crippen LogP contribution in [0.15, 0.2) is 47.4 Å². The van der Waals surface area contributed by atoms with E-state index in [0.29, 0.717) is 29.6 Å². The lowest BCUT2D eigenvalue weighted by molar-refractivity contribution is 0.380. The van der Waals surface area contributed by atoms with Crippen LogP contribution in [-0.4, -0.2) is 40.0 Å². The van der Waals surface area contributed by atoms with Gasteiger partial charge in [-0.3, -0.25) is 0 Å². The van der Waals surface area contributed by atoms with E-state index in [1.54, 1.807) is 16.4 Å². The highest BCUT2D eigenvalue weighted by molar-refractivity contribution is 7.89. The van der Waals surface area contributed by atoms with Gasteiger partial charge in [0.05, 0.1) is 14.2 Å². The SMILES string of the molecule is COc1ccc(OC)c(S(=O)(=O)N2CCCCC(c3ccc(Cl)cc3)C2)c1. The summed E-state index contributed by atoms with van der Waals surface area (Å²) in [6.07, 6.45) is 2.76. The van der Waals surface area contributed by atoms with Crippen LogP contribution in [-0.2, 0) is 10.0 Å². The number of ether oxygens (including phenoxy) is 2. The summed E-state index contributed by atoms with van der Waals surface area (Å²) in [4.78, 5) is 0.140. The summed E-state index contributed by atoms with van der Waals surface area (Å²) in [6, 6.07) is 12.5. The van der Waals surface area contributed by atoms with E-state index in [0.717, 1.165) is 24.8 Å². The molecule has 3 rings (SSSR count). The molecule has 2 aromatic rings. The van der Waals surface area contributed by atoms with Gasteiger partial charge in [-0.15, -0.1) is 0 Å². The summed E-state index contributed by atoms with van der Waals surface area (Å²) >= 11 is 5.99. The van der Waals surface area contributed by atoms with E-state index in [4.69, 9.17) is 21.1 Å². The minimum absolute atomic E-state index is 0.135. The van der Waals surface area contributed by atoms with Crippen LogP contribution in [0.25, 0.3) is 0 Å². The van der Waals surface area contributed by atoms with Gasteiger partial charge in [0, 0.05) is 24.2 Å². The maximum atomic E-state index is 13.4. The molecule has 2 aromatic carbocycles. The Morgan fingerprint density at radius 2 is 1.78 bits per heavy atom. The van der Waals surface area contributed by atoms with Crippen LogP contribution in [0.1, 0.15) is 30.7 Å². The first-order valence-corrected chi connectivity index (χ1v) is 10.7. The lowest BCUT2D eigenvalue weighted by atomic mass is 9.95. The molecule has 0 radical (unpaired) electrons.